The number of rotatable bonds is 6. The van der Waals surface area contributed by atoms with E-state index in [2.05, 4.69) is 15.5 Å². The summed E-state index contributed by atoms with van der Waals surface area (Å²) in [5, 5.41) is 6.75. The Bertz CT molecular complexity index is 488. The predicted molar refractivity (Wildman–Crippen MR) is 120 cm³/mol. The lowest BCUT2D eigenvalue weighted by atomic mass is 9.83. The van der Waals surface area contributed by atoms with Crippen LogP contribution in [0.4, 0.5) is 0 Å². The number of likely N-dealkylation sites (tertiary alicyclic amines) is 1. The van der Waals surface area contributed by atoms with Crippen LogP contribution in [0, 0.1) is 11.8 Å². The third-order valence-electron chi connectivity index (χ3n) is 6.90. The summed E-state index contributed by atoms with van der Waals surface area (Å²) in [6.45, 7) is 4.41. The second-order valence-electron chi connectivity index (χ2n) is 8.63. The van der Waals surface area contributed by atoms with Gasteiger partial charge in [-0.1, -0.05) is 0 Å². The van der Waals surface area contributed by atoms with Gasteiger partial charge in [-0.3, -0.25) is 9.59 Å². The normalized spacial score (nSPS) is 26.7. The van der Waals surface area contributed by atoms with Crippen LogP contribution in [-0.2, 0) is 14.3 Å². The molecule has 0 bridgehead atoms. The van der Waals surface area contributed by atoms with Gasteiger partial charge in [-0.25, -0.2) is 0 Å². The molecule has 2 aliphatic heterocycles. The Kier molecular flexibility index (Phi) is 12.5. The molecule has 2 heterocycles. The molecule has 2 N–H and O–H groups in total. The van der Waals surface area contributed by atoms with Crippen molar-refractivity contribution in [3.05, 3.63) is 0 Å². The Balaban J connectivity index is 0.00000210. The van der Waals surface area contributed by atoms with Gasteiger partial charge in [-0.2, -0.15) is 0 Å². The topological polar surface area (TPSA) is 70.7 Å². The number of hydrogen-bond acceptors (Lipinski definition) is 5. The molecule has 3 aliphatic rings. The van der Waals surface area contributed by atoms with Gasteiger partial charge in [0.1, 0.15) is 0 Å². The number of carbonyl (C=O) groups excluding carboxylic acids is 2. The highest BCUT2D eigenvalue weighted by atomic mass is 35.5. The van der Waals surface area contributed by atoms with Gasteiger partial charge in [0.2, 0.25) is 5.91 Å². The number of esters is 1. The average Bonchev–Trinajstić information content (AvgIpc) is 2.73. The summed E-state index contributed by atoms with van der Waals surface area (Å²) in [5.74, 6) is 0.963. The Morgan fingerprint density at radius 1 is 0.966 bits per heavy atom. The van der Waals surface area contributed by atoms with Crippen LogP contribution >= 0.6 is 24.8 Å². The molecule has 0 atom stereocenters. The van der Waals surface area contributed by atoms with Gasteiger partial charge in [0.15, 0.2) is 0 Å². The largest absolute Gasteiger partial charge is 0.469 e. The lowest BCUT2D eigenvalue weighted by molar-refractivity contribution is -0.141. The number of nitrogens with one attached hydrogen (secondary N) is 2. The number of carbonyl (C=O) groups is 2. The summed E-state index contributed by atoms with van der Waals surface area (Å²) >= 11 is 0. The van der Waals surface area contributed by atoms with Crippen LogP contribution in [0.1, 0.15) is 64.2 Å². The molecule has 170 valence electrons. The molecular weight excluding hydrogens is 413 g/mol. The van der Waals surface area contributed by atoms with Crippen LogP contribution in [0.5, 0.6) is 0 Å². The molecule has 0 radical (unpaired) electrons. The van der Waals surface area contributed by atoms with Crippen LogP contribution in [0.15, 0.2) is 0 Å². The maximum atomic E-state index is 12.7. The molecule has 3 rings (SSSR count). The molecule has 29 heavy (non-hydrogen) atoms. The van der Waals surface area contributed by atoms with Crippen LogP contribution in [0.25, 0.3) is 0 Å². The average molecular weight is 452 g/mol. The number of methoxy groups -OCH3 is 1. The third-order valence-corrected chi connectivity index (χ3v) is 6.90. The van der Waals surface area contributed by atoms with Gasteiger partial charge in [-0.05, 0) is 89.9 Å². The van der Waals surface area contributed by atoms with Crippen LogP contribution in [0.3, 0.4) is 0 Å². The van der Waals surface area contributed by atoms with E-state index in [-0.39, 0.29) is 42.6 Å². The Morgan fingerprint density at radius 3 is 2.17 bits per heavy atom. The molecule has 1 saturated carbocycles. The van der Waals surface area contributed by atoms with E-state index in [0.29, 0.717) is 18.4 Å². The fourth-order valence-electron chi connectivity index (χ4n) is 5.04. The van der Waals surface area contributed by atoms with E-state index in [1.807, 2.05) is 0 Å². The lowest BCUT2D eigenvalue weighted by Gasteiger charge is -2.39. The number of amides is 1. The molecule has 0 aromatic heterocycles. The smallest absolute Gasteiger partial charge is 0.305 e. The number of hydrogen-bond donors (Lipinski definition) is 2. The molecule has 0 aromatic rings. The van der Waals surface area contributed by atoms with Gasteiger partial charge in [-0.15, -0.1) is 24.8 Å². The Hall–Kier alpha value is -0.560. The fourth-order valence-corrected chi connectivity index (χ4v) is 5.04. The quantitative estimate of drug-likeness (QED) is 0.607. The van der Waals surface area contributed by atoms with Crippen LogP contribution in [-0.4, -0.2) is 62.1 Å². The summed E-state index contributed by atoms with van der Waals surface area (Å²) in [7, 11) is 1.45. The van der Waals surface area contributed by atoms with Crippen LogP contribution < -0.4 is 10.6 Å². The minimum absolute atomic E-state index is 0. The van der Waals surface area contributed by atoms with Gasteiger partial charge in [0.25, 0.3) is 0 Å². The van der Waals surface area contributed by atoms with E-state index in [0.717, 1.165) is 77.2 Å². The molecule has 3 fully saturated rings. The van der Waals surface area contributed by atoms with Gasteiger partial charge < -0.3 is 20.3 Å². The monoisotopic (exact) mass is 451 g/mol. The van der Waals surface area contributed by atoms with Gasteiger partial charge in [0, 0.05) is 24.4 Å². The summed E-state index contributed by atoms with van der Waals surface area (Å²) in [6, 6.07) is 1.05. The highest BCUT2D eigenvalue weighted by Crippen LogP contribution is 2.29. The summed E-state index contributed by atoms with van der Waals surface area (Å²) in [4.78, 5) is 26.6. The first-order valence-corrected chi connectivity index (χ1v) is 11.0. The number of ether oxygens (including phenoxy) is 1. The zero-order valence-electron chi connectivity index (χ0n) is 17.7. The second kappa shape index (κ2) is 13.7. The van der Waals surface area contributed by atoms with Crippen molar-refractivity contribution in [3.63, 3.8) is 0 Å². The molecule has 1 aliphatic carbocycles. The number of halogens is 2. The zero-order chi connectivity index (χ0) is 19.1. The Labute approximate surface area is 188 Å². The molecule has 0 unspecified atom stereocenters. The molecule has 2 saturated heterocycles. The number of piperidine rings is 2. The van der Waals surface area contributed by atoms with Crippen molar-refractivity contribution < 1.29 is 14.3 Å². The van der Waals surface area contributed by atoms with E-state index in [9.17, 15) is 9.59 Å². The molecule has 1 amide bonds. The number of nitrogens with zero attached hydrogens (tertiary/aromatic N) is 1. The first-order valence-electron chi connectivity index (χ1n) is 11.0. The van der Waals surface area contributed by atoms with Crippen molar-refractivity contribution in [2.45, 2.75) is 76.3 Å². The highest BCUT2D eigenvalue weighted by Gasteiger charge is 2.31. The van der Waals surface area contributed by atoms with E-state index in [4.69, 9.17) is 4.74 Å². The second-order valence-corrected chi connectivity index (χ2v) is 8.63. The van der Waals surface area contributed by atoms with E-state index >= 15 is 0 Å². The van der Waals surface area contributed by atoms with Crippen molar-refractivity contribution in [2.24, 2.45) is 11.8 Å². The van der Waals surface area contributed by atoms with Crippen LogP contribution in [0.2, 0.25) is 0 Å². The minimum atomic E-state index is -0.110. The highest BCUT2D eigenvalue weighted by molar-refractivity contribution is 5.85. The Morgan fingerprint density at radius 2 is 1.59 bits per heavy atom. The molecule has 6 nitrogen and oxygen atoms in total. The lowest BCUT2D eigenvalue weighted by Crippen LogP contribution is -2.49. The van der Waals surface area contributed by atoms with Crippen molar-refractivity contribution in [1.82, 2.24) is 15.5 Å². The first kappa shape index (κ1) is 26.5. The van der Waals surface area contributed by atoms with Crippen molar-refractivity contribution in [2.75, 3.05) is 33.3 Å². The van der Waals surface area contributed by atoms with Crippen molar-refractivity contribution >= 4 is 36.7 Å². The summed E-state index contributed by atoms with van der Waals surface area (Å²) < 4.78 is 4.73. The zero-order valence-corrected chi connectivity index (χ0v) is 19.3. The third kappa shape index (κ3) is 8.23. The van der Waals surface area contributed by atoms with E-state index in [1.165, 1.54) is 20.0 Å². The minimum Gasteiger partial charge on any atom is -0.469 e. The maximum absolute atomic E-state index is 12.7. The SMILES string of the molecule is COC(=O)CCC1CCC(NC(=O)C2CCN(C3CCNCC3)CC2)CC1.Cl.Cl. The standard InChI is InChI=1S/C21H37N3O3.2ClH/c1-27-20(25)7-4-16-2-5-18(6-3-16)23-21(26)17-10-14-24(15-11-17)19-8-12-22-13-9-19;;/h16-19,22H,2-15H2,1H3,(H,23,26);2*1H. The van der Waals surface area contributed by atoms with Crippen molar-refractivity contribution in [1.29, 1.82) is 0 Å². The van der Waals surface area contributed by atoms with E-state index < -0.39 is 0 Å². The summed E-state index contributed by atoms with van der Waals surface area (Å²) in [5.41, 5.74) is 0. The molecule has 8 heteroatoms. The summed E-state index contributed by atoms with van der Waals surface area (Å²) in [6.07, 6.45) is 10.3. The van der Waals surface area contributed by atoms with Crippen molar-refractivity contribution in [3.8, 4) is 0 Å². The predicted octanol–water partition coefficient (Wildman–Crippen LogP) is 2.92. The van der Waals surface area contributed by atoms with E-state index in [1.54, 1.807) is 0 Å². The first-order chi connectivity index (χ1) is 13.2. The fraction of sp³-hybridized carbons (Fsp3) is 0.905. The molecule has 0 aromatic carbocycles. The molecule has 0 spiro atoms. The molecular formula is C21H39Cl2N3O3. The van der Waals surface area contributed by atoms with Gasteiger partial charge >= 0.3 is 5.97 Å². The maximum Gasteiger partial charge on any atom is 0.305 e. The van der Waals surface area contributed by atoms with Gasteiger partial charge in [0.05, 0.1) is 7.11 Å².